The summed E-state index contributed by atoms with van der Waals surface area (Å²) in [6, 6.07) is 5.19. The average molecular weight is 239 g/mol. The van der Waals surface area contributed by atoms with Crippen LogP contribution in [0.2, 0.25) is 0 Å². The number of aliphatic hydroxyl groups is 1. The van der Waals surface area contributed by atoms with Crippen LogP contribution in [-0.2, 0) is 14.9 Å². The van der Waals surface area contributed by atoms with E-state index in [1.54, 1.807) is 32.0 Å². The van der Waals surface area contributed by atoms with Gasteiger partial charge in [-0.1, -0.05) is 19.9 Å². The molecule has 17 heavy (non-hydrogen) atoms. The summed E-state index contributed by atoms with van der Waals surface area (Å²) in [5.74, 6) is -0.243. The lowest BCUT2D eigenvalue weighted by Crippen LogP contribution is -2.41. The van der Waals surface area contributed by atoms with Crippen molar-refractivity contribution >= 4 is 5.97 Å². The SMILES string of the molecule is COC(=O)C(O)C(C)(C)c1cccc(OC)n1. The molecule has 0 aliphatic carbocycles. The smallest absolute Gasteiger partial charge is 0.335 e. The van der Waals surface area contributed by atoms with Crippen molar-refractivity contribution in [3.63, 3.8) is 0 Å². The molecule has 1 N–H and O–H groups in total. The fraction of sp³-hybridized carbons (Fsp3) is 0.500. The summed E-state index contributed by atoms with van der Waals surface area (Å²) < 4.78 is 9.54. The van der Waals surface area contributed by atoms with E-state index in [0.29, 0.717) is 11.6 Å². The Bertz CT molecular complexity index is 403. The lowest BCUT2D eigenvalue weighted by molar-refractivity contribution is -0.154. The molecule has 0 aromatic carbocycles. The van der Waals surface area contributed by atoms with Gasteiger partial charge in [0.05, 0.1) is 19.9 Å². The predicted octanol–water partition coefficient (Wildman–Crippen LogP) is 0.902. The quantitative estimate of drug-likeness (QED) is 0.791. The number of hydrogen-bond donors (Lipinski definition) is 1. The van der Waals surface area contributed by atoms with Crippen LogP contribution in [0.3, 0.4) is 0 Å². The Labute approximate surface area is 100 Å². The van der Waals surface area contributed by atoms with Gasteiger partial charge in [0.2, 0.25) is 5.88 Å². The molecule has 0 fully saturated rings. The summed E-state index contributed by atoms with van der Waals surface area (Å²) >= 11 is 0. The van der Waals surface area contributed by atoms with Crippen LogP contribution in [0.15, 0.2) is 18.2 Å². The first-order chi connectivity index (χ1) is 7.93. The molecule has 1 heterocycles. The second-order valence-corrected chi connectivity index (χ2v) is 4.21. The van der Waals surface area contributed by atoms with Gasteiger partial charge in [-0.3, -0.25) is 0 Å². The van der Waals surface area contributed by atoms with Crippen molar-refractivity contribution in [3.05, 3.63) is 23.9 Å². The summed E-state index contributed by atoms with van der Waals surface area (Å²) in [5, 5.41) is 9.91. The number of carbonyl (C=O) groups excluding carboxylic acids is 1. The topological polar surface area (TPSA) is 68.7 Å². The molecule has 0 saturated heterocycles. The third-order valence-electron chi connectivity index (χ3n) is 2.70. The number of ether oxygens (including phenoxy) is 2. The summed E-state index contributed by atoms with van der Waals surface area (Å²) in [6.45, 7) is 3.44. The standard InChI is InChI=1S/C12H17NO4/c1-12(2,10(14)11(15)17-4)8-6-5-7-9(13-8)16-3/h5-7,10,14H,1-4H3. The Balaban J connectivity index is 3.06. The Kier molecular flexibility index (Phi) is 4.07. The zero-order valence-corrected chi connectivity index (χ0v) is 10.4. The van der Waals surface area contributed by atoms with E-state index in [4.69, 9.17) is 4.74 Å². The number of hydrogen-bond acceptors (Lipinski definition) is 5. The zero-order valence-electron chi connectivity index (χ0n) is 10.4. The van der Waals surface area contributed by atoms with E-state index in [1.807, 2.05) is 0 Å². The van der Waals surface area contributed by atoms with Gasteiger partial charge in [-0.25, -0.2) is 9.78 Å². The molecule has 0 radical (unpaired) electrons. The van der Waals surface area contributed by atoms with Crippen LogP contribution in [-0.4, -0.2) is 36.4 Å². The fourth-order valence-corrected chi connectivity index (χ4v) is 1.43. The highest BCUT2D eigenvalue weighted by Crippen LogP contribution is 2.27. The number of rotatable bonds is 4. The van der Waals surface area contributed by atoms with Crippen molar-refractivity contribution in [1.82, 2.24) is 4.98 Å². The molecule has 0 spiro atoms. The van der Waals surface area contributed by atoms with Crippen LogP contribution < -0.4 is 4.74 Å². The normalized spacial score (nSPS) is 13.0. The third kappa shape index (κ3) is 2.74. The van der Waals surface area contributed by atoms with Crippen LogP contribution in [0.25, 0.3) is 0 Å². The highest BCUT2D eigenvalue weighted by Gasteiger charge is 2.37. The largest absolute Gasteiger partial charge is 0.481 e. The van der Waals surface area contributed by atoms with E-state index >= 15 is 0 Å². The van der Waals surface area contributed by atoms with Gasteiger partial charge < -0.3 is 14.6 Å². The molecule has 94 valence electrons. The minimum Gasteiger partial charge on any atom is -0.481 e. The number of carbonyl (C=O) groups is 1. The number of methoxy groups -OCH3 is 2. The summed E-state index contributed by atoms with van der Waals surface area (Å²) in [6.07, 6.45) is -1.27. The summed E-state index contributed by atoms with van der Waals surface area (Å²) in [4.78, 5) is 15.6. The van der Waals surface area contributed by atoms with Crippen molar-refractivity contribution < 1.29 is 19.4 Å². The molecule has 5 heteroatoms. The van der Waals surface area contributed by atoms with Crippen LogP contribution in [0.4, 0.5) is 0 Å². The highest BCUT2D eigenvalue weighted by atomic mass is 16.5. The van der Waals surface area contributed by atoms with Gasteiger partial charge in [-0.15, -0.1) is 0 Å². The molecule has 1 rings (SSSR count). The van der Waals surface area contributed by atoms with Crippen molar-refractivity contribution in [2.45, 2.75) is 25.4 Å². The zero-order chi connectivity index (χ0) is 13.1. The highest BCUT2D eigenvalue weighted by molar-refractivity contribution is 5.76. The number of esters is 1. The van der Waals surface area contributed by atoms with Gasteiger partial charge in [0.1, 0.15) is 0 Å². The number of pyridine rings is 1. The van der Waals surface area contributed by atoms with Crippen LogP contribution >= 0.6 is 0 Å². The van der Waals surface area contributed by atoms with Crippen molar-refractivity contribution in [1.29, 1.82) is 0 Å². The molecule has 0 aliphatic heterocycles. The van der Waals surface area contributed by atoms with Crippen LogP contribution in [0.5, 0.6) is 5.88 Å². The minimum absolute atomic E-state index is 0.438. The van der Waals surface area contributed by atoms with E-state index < -0.39 is 17.5 Å². The molecule has 1 aromatic heterocycles. The molecule has 1 aromatic rings. The van der Waals surface area contributed by atoms with E-state index in [-0.39, 0.29) is 0 Å². The summed E-state index contributed by atoms with van der Waals surface area (Å²) in [5.41, 5.74) is -0.281. The molecule has 1 unspecified atom stereocenters. The Morgan fingerprint density at radius 3 is 2.59 bits per heavy atom. The molecule has 0 saturated carbocycles. The lowest BCUT2D eigenvalue weighted by atomic mass is 9.82. The van der Waals surface area contributed by atoms with Gasteiger partial charge in [0, 0.05) is 11.5 Å². The van der Waals surface area contributed by atoms with Crippen molar-refractivity contribution in [2.24, 2.45) is 0 Å². The number of aliphatic hydroxyl groups excluding tert-OH is 1. The van der Waals surface area contributed by atoms with E-state index in [2.05, 4.69) is 9.72 Å². The number of aromatic nitrogens is 1. The maximum atomic E-state index is 11.4. The van der Waals surface area contributed by atoms with E-state index in [9.17, 15) is 9.90 Å². The minimum atomic E-state index is -1.27. The number of nitrogens with zero attached hydrogens (tertiary/aromatic N) is 1. The first-order valence-electron chi connectivity index (χ1n) is 5.21. The monoisotopic (exact) mass is 239 g/mol. The molecule has 0 amide bonds. The van der Waals surface area contributed by atoms with Gasteiger partial charge in [0.25, 0.3) is 0 Å². The summed E-state index contributed by atoms with van der Waals surface area (Å²) in [7, 11) is 2.75. The van der Waals surface area contributed by atoms with Crippen LogP contribution in [0.1, 0.15) is 19.5 Å². The van der Waals surface area contributed by atoms with Crippen LogP contribution in [0, 0.1) is 0 Å². The van der Waals surface area contributed by atoms with Crippen molar-refractivity contribution in [2.75, 3.05) is 14.2 Å². The second-order valence-electron chi connectivity index (χ2n) is 4.21. The Morgan fingerprint density at radius 1 is 1.41 bits per heavy atom. The van der Waals surface area contributed by atoms with Gasteiger partial charge in [0.15, 0.2) is 6.10 Å². The fourth-order valence-electron chi connectivity index (χ4n) is 1.43. The molecule has 0 bridgehead atoms. The Hall–Kier alpha value is -1.62. The van der Waals surface area contributed by atoms with E-state index in [1.165, 1.54) is 14.2 Å². The third-order valence-corrected chi connectivity index (χ3v) is 2.70. The molecule has 5 nitrogen and oxygen atoms in total. The van der Waals surface area contributed by atoms with E-state index in [0.717, 1.165) is 0 Å². The second kappa shape index (κ2) is 5.14. The first kappa shape index (κ1) is 13.4. The maximum absolute atomic E-state index is 11.4. The van der Waals surface area contributed by atoms with Gasteiger partial charge >= 0.3 is 5.97 Å². The Morgan fingerprint density at radius 2 is 2.06 bits per heavy atom. The predicted molar refractivity (Wildman–Crippen MR) is 61.8 cm³/mol. The van der Waals surface area contributed by atoms with Crippen molar-refractivity contribution in [3.8, 4) is 5.88 Å². The molecule has 0 aliphatic rings. The lowest BCUT2D eigenvalue weighted by Gasteiger charge is -2.28. The molecular weight excluding hydrogens is 222 g/mol. The van der Waals surface area contributed by atoms with Gasteiger partial charge in [-0.05, 0) is 6.07 Å². The van der Waals surface area contributed by atoms with Gasteiger partial charge in [-0.2, -0.15) is 0 Å². The first-order valence-corrected chi connectivity index (χ1v) is 5.21. The molecule has 1 atom stereocenters. The average Bonchev–Trinajstić information content (AvgIpc) is 2.36. The molecular formula is C12H17NO4. The maximum Gasteiger partial charge on any atom is 0.335 e.